The highest BCUT2D eigenvalue weighted by Gasteiger charge is 2.14. The topological polar surface area (TPSA) is 136 Å². The minimum atomic E-state index is -0.958. The molecule has 0 unspecified atom stereocenters. The van der Waals surface area contributed by atoms with E-state index in [2.05, 4.69) is 0 Å². The van der Waals surface area contributed by atoms with E-state index in [4.69, 9.17) is 15.7 Å². The number of amides is 1. The SMILES string of the molecule is NN(C(=O)OCc1ccc([N+](=O)[O-])cc1)c1ccc(CC(=O)O)cc1. The van der Waals surface area contributed by atoms with Crippen LogP contribution in [0, 0.1) is 10.1 Å². The largest absolute Gasteiger partial charge is 0.481 e. The Hall–Kier alpha value is -3.46. The van der Waals surface area contributed by atoms with Gasteiger partial charge >= 0.3 is 12.1 Å². The van der Waals surface area contributed by atoms with Crippen LogP contribution in [0.3, 0.4) is 0 Å². The van der Waals surface area contributed by atoms with Crippen molar-refractivity contribution in [1.29, 1.82) is 0 Å². The van der Waals surface area contributed by atoms with Crippen LogP contribution in [0.15, 0.2) is 48.5 Å². The standard InChI is InChI=1S/C16H15N3O6/c17-18(13-5-1-11(2-6-13)9-15(20)21)16(22)25-10-12-3-7-14(8-4-12)19(23)24/h1-8H,9-10,17H2,(H,20,21). The predicted octanol–water partition coefficient (Wildman–Crippen LogP) is 2.24. The summed E-state index contributed by atoms with van der Waals surface area (Å²) in [4.78, 5) is 32.6. The molecule has 2 aromatic rings. The molecule has 130 valence electrons. The maximum absolute atomic E-state index is 11.9. The fourth-order valence-corrected chi connectivity index (χ4v) is 1.98. The van der Waals surface area contributed by atoms with Gasteiger partial charge in [0.2, 0.25) is 0 Å². The second-order valence-corrected chi connectivity index (χ2v) is 5.09. The Morgan fingerprint density at radius 2 is 1.64 bits per heavy atom. The smallest absolute Gasteiger partial charge is 0.429 e. The lowest BCUT2D eigenvalue weighted by Gasteiger charge is -2.16. The number of hydrazine groups is 1. The second-order valence-electron chi connectivity index (χ2n) is 5.09. The molecule has 0 aliphatic rings. The van der Waals surface area contributed by atoms with E-state index in [1.165, 1.54) is 36.4 Å². The van der Waals surface area contributed by atoms with Crippen LogP contribution < -0.4 is 10.9 Å². The quantitative estimate of drug-likeness (QED) is 0.354. The van der Waals surface area contributed by atoms with Crippen LogP contribution in [0.4, 0.5) is 16.2 Å². The molecule has 3 N–H and O–H groups in total. The van der Waals surface area contributed by atoms with E-state index >= 15 is 0 Å². The van der Waals surface area contributed by atoms with Crippen LogP contribution in [-0.4, -0.2) is 22.1 Å². The lowest BCUT2D eigenvalue weighted by atomic mass is 10.1. The number of anilines is 1. The monoisotopic (exact) mass is 345 g/mol. The summed E-state index contributed by atoms with van der Waals surface area (Å²) in [6, 6.07) is 11.7. The second kappa shape index (κ2) is 7.88. The zero-order valence-electron chi connectivity index (χ0n) is 13.0. The summed E-state index contributed by atoms with van der Waals surface area (Å²) in [7, 11) is 0. The molecule has 0 saturated carbocycles. The summed E-state index contributed by atoms with van der Waals surface area (Å²) in [6.07, 6.45) is -0.945. The Morgan fingerprint density at radius 3 is 2.16 bits per heavy atom. The van der Waals surface area contributed by atoms with Gasteiger partial charge in [-0.2, -0.15) is 0 Å². The average molecular weight is 345 g/mol. The third-order valence-electron chi connectivity index (χ3n) is 3.28. The normalized spacial score (nSPS) is 10.1. The molecule has 0 atom stereocenters. The van der Waals surface area contributed by atoms with Crippen LogP contribution >= 0.6 is 0 Å². The van der Waals surface area contributed by atoms with E-state index in [9.17, 15) is 19.7 Å². The number of non-ortho nitro benzene ring substituents is 1. The Balaban J connectivity index is 1.93. The molecule has 0 aliphatic heterocycles. The van der Waals surface area contributed by atoms with Crippen LogP contribution in [0.5, 0.6) is 0 Å². The minimum Gasteiger partial charge on any atom is -0.481 e. The Bertz CT molecular complexity index is 773. The van der Waals surface area contributed by atoms with Gasteiger partial charge in [0.05, 0.1) is 17.0 Å². The molecule has 9 nitrogen and oxygen atoms in total. The zero-order valence-corrected chi connectivity index (χ0v) is 13.0. The van der Waals surface area contributed by atoms with Gasteiger partial charge in [0.25, 0.3) is 5.69 Å². The number of aliphatic carboxylic acids is 1. The lowest BCUT2D eigenvalue weighted by Crippen LogP contribution is -2.37. The predicted molar refractivity (Wildman–Crippen MR) is 87.7 cm³/mol. The van der Waals surface area contributed by atoms with Crippen molar-refractivity contribution in [3.63, 3.8) is 0 Å². The highest BCUT2D eigenvalue weighted by Crippen LogP contribution is 2.16. The number of nitrogens with two attached hydrogens (primary N) is 1. The first kappa shape index (κ1) is 17.9. The summed E-state index contributed by atoms with van der Waals surface area (Å²) < 4.78 is 5.04. The van der Waals surface area contributed by atoms with E-state index in [-0.39, 0.29) is 18.7 Å². The summed E-state index contributed by atoms with van der Waals surface area (Å²) in [5.74, 6) is 4.71. The Morgan fingerprint density at radius 1 is 1.08 bits per heavy atom. The van der Waals surface area contributed by atoms with Crippen molar-refractivity contribution in [3.05, 3.63) is 69.8 Å². The summed E-state index contributed by atoms with van der Waals surface area (Å²) in [6.45, 7) is -0.0956. The van der Waals surface area contributed by atoms with Crippen molar-refractivity contribution in [1.82, 2.24) is 0 Å². The van der Waals surface area contributed by atoms with Crippen molar-refractivity contribution in [2.45, 2.75) is 13.0 Å². The molecule has 25 heavy (non-hydrogen) atoms. The van der Waals surface area contributed by atoms with Crippen LogP contribution in [0.25, 0.3) is 0 Å². The molecule has 0 fully saturated rings. The van der Waals surface area contributed by atoms with Crippen molar-refractivity contribution in [2.24, 2.45) is 5.84 Å². The van der Waals surface area contributed by atoms with Gasteiger partial charge < -0.3 is 9.84 Å². The van der Waals surface area contributed by atoms with E-state index in [0.717, 1.165) is 5.01 Å². The number of carbonyl (C=O) groups excluding carboxylic acids is 1. The maximum Gasteiger partial charge on any atom is 0.429 e. The van der Waals surface area contributed by atoms with Gasteiger partial charge in [0.15, 0.2) is 0 Å². The van der Waals surface area contributed by atoms with E-state index < -0.39 is 17.0 Å². The number of rotatable bonds is 6. The fraction of sp³-hybridized carbons (Fsp3) is 0.125. The number of benzene rings is 2. The van der Waals surface area contributed by atoms with Crippen molar-refractivity contribution in [3.8, 4) is 0 Å². The Labute approximate surface area is 142 Å². The number of hydrogen-bond donors (Lipinski definition) is 2. The first-order chi connectivity index (χ1) is 11.9. The molecule has 0 aromatic heterocycles. The third-order valence-corrected chi connectivity index (χ3v) is 3.28. The van der Waals surface area contributed by atoms with E-state index in [1.54, 1.807) is 12.1 Å². The van der Waals surface area contributed by atoms with Gasteiger partial charge in [-0.25, -0.2) is 15.6 Å². The summed E-state index contributed by atoms with van der Waals surface area (Å²) in [5.41, 5.74) is 1.42. The van der Waals surface area contributed by atoms with Gasteiger partial charge in [0.1, 0.15) is 6.61 Å². The number of nitro benzene ring substituents is 1. The van der Waals surface area contributed by atoms with Crippen molar-refractivity contribution in [2.75, 3.05) is 5.01 Å². The minimum absolute atomic E-state index is 0.0584. The molecule has 9 heteroatoms. The van der Waals surface area contributed by atoms with E-state index in [0.29, 0.717) is 16.8 Å². The Kier molecular flexibility index (Phi) is 5.64. The van der Waals surface area contributed by atoms with Crippen LogP contribution in [0.1, 0.15) is 11.1 Å². The summed E-state index contributed by atoms with van der Waals surface area (Å²) >= 11 is 0. The average Bonchev–Trinajstić information content (AvgIpc) is 2.59. The number of ether oxygens (including phenoxy) is 1. The fourth-order valence-electron chi connectivity index (χ4n) is 1.98. The van der Waals surface area contributed by atoms with Crippen molar-refractivity contribution < 1.29 is 24.4 Å². The molecule has 2 rings (SSSR count). The molecule has 2 aromatic carbocycles. The highest BCUT2D eigenvalue weighted by atomic mass is 16.6. The summed E-state index contributed by atoms with van der Waals surface area (Å²) in [5, 5.41) is 20.1. The van der Waals surface area contributed by atoms with Gasteiger partial charge in [-0.05, 0) is 35.4 Å². The molecular weight excluding hydrogens is 330 g/mol. The number of carboxylic acids is 1. The zero-order chi connectivity index (χ0) is 18.4. The van der Waals surface area contributed by atoms with Gasteiger partial charge in [0, 0.05) is 12.1 Å². The molecular formula is C16H15N3O6. The van der Waals surface area contributed by atoms with Gasteiger partial charge in [-0.3, -0.25) is 14.9 Å². The van der Waals surface area contributed by atoms with Gasteiger partial charge in [-0.1, -0.05) is 12.1 Å². The van der Waals surface area contributed by atoms with E-state index in [1.807, 2.05) is 0 Å². The lowest BCUT2D eigenvalue weighted by molar-refractivity contribution is -0.384. The molecule has 0 spiro atoms. The third kappa shape index (κ3) is 5.01. The molecule has 0 saturated heterocycles. The van der Waals surface area contributed by atoms with Crippen molar-refractivity contribution >= 4 is 23.4 Å². The number of nitro groups is 1. The highest BCUT2D eigenvalue weighted by molar-refractivity contribution is 5.86. The molecule has 1 amide bonds. The van der Waals surface area contributed by atoms with Gasteiger partial charge in [-0.15, -0.1) is 0 Å². The molecule has 0 aliphatic carbocycles. The number of nitrogens with zero attached hydrogens (tertiary/aromatic N) is 2. The molecule has 0 radical (unpaired) electrons. The first-order valence-corrected chi connectivity index (χ1v) is 7.12. The maximum atomic E-state index is 11.9. The van der Waals surface area contributed by atoms with Crippen LogP contribution in [-0.2, 0) is 22.6 Å². The number of carbonyl (C=O) groups is 2. The molecule has 0 heterocycles. The molecule has 0 bridgehead atoms. The van der Waals surface area contributed by atoms with Crippen LogP contribution in [0.2, 0.25) is 0 Å². The number of carboxylic acid groups (broad SMARTS) is 1. The number of hydrogen-bond acceptors (Lipinski definition) is 6. The first-order valence-electron chi connectivity index (χ1n) is 7.12.